The molecule has 0 saturated heterocycles. The van der Waals surface area contributed by atoms with Crippen LogP contribution in [0.15, 0.2) is 28.1 Å². The van der Waals surface area contributed by atoms with Crippen LogP contribution in [-0.2, 0) is 9.53 Å². The number of esters is 1. The van der Waals surface area contributed by atoms with E-state index in [1.54, 1.807) is 0 Å². The van der Waals surface area contributed by atoms with E-state index in [0.29, 0.717) is 5.76 Å². The van der Waals surface area contributed by atoms with Gasteiger partial charge < -0.3 is 14.6 Å². The molecule has 6 nitrogen and oxygen atoms in total. The number of carbonyl (C=O) groups excluding carboxylic acids is 2. The van der Waals surface area contributed by atoms with Crippen molar-refractivity contribution < 1.29 is 18.8 Å². The predicted molar refractivity (Wildman–Crippen MR) is 68.8 cm³/mol. The van der Waals surface area contributed by atoms with Crippen molar-refractivity contribution in [3.8, 4) is 10.6 Å². The number of carbonyl (C=O) groups is 2. The Bertz CT molecular complexity index is 576. The van der Waals surface area contributed by atoms with E-state index in [1.165, 1.54) is 31.4 Å². The van der Waals surface area contributed by atoms with Gasteiger partial charge in [-0.25, -0.2) is 4.79 Å². The van der Waals surface area contributed by atoms with Gasteiger partial charge in [-0.05, 0) is 18.4 Å². The molecule has 1 amide bonds. The highest BCUT2D eigenvalue weighted by Gasteiger charge is 2.20. The molecular formula is C12H12N2O4S. The van der Waals surface area contributed by atoms with Crippen LogP contribution in [0.2, 0.25) is 0 Å². The van der Waals surface area contributed by atoms with E-state index in [2.05, 4.69) is 15.2 Å². The Morgan fingerprint density at radius 3 is 2.95 bits per heavy atom. The Balaban J connectivity index is 2.06. The van der Waals surface area contributed by atoms with Crippen molar-refractivity contribution >= 4 is 23.2 Å². The number of rotatable bonds is 4. The van der Waals surface area contributed by atoms with Crippen molar-refractivity contribution in [2.24, 2.45) is 0 Å². The summed E-state index contributed by atoms with van der Waals surface area (Å²) in [5.74, 6) is -0.481. The van der Waals surface area contributed by atoms with Crippen LogP contribution in [0, 0.1) is 0 Å². The second-order valence-electron chi connectivity index (χ2n) is 3.77. The predicted octanol–water partition coefficient (Wildman–Crippen LogP) is 1.69. The maximum atomic E-state index is 11.8. The zero-order valence-electron chi connectivity index (χ0n) is 10.4. The quantitative estimate of drug-likeness (QED) is 0.862. The Hall–Kier alpha value is -2.15. The summed E-state index contributed by atoms with van der Waals surface area (Å²) in [5, 5.41) is 8.05. The Morgan fingerprint density at radius 2 is 2.32 bits per heavy atom. The van der Waals surface area contributed by atoms with E-state index in [9.17, 15) is 9.59 Å². The van der Waals surface area contributed by atoms with E-state index in [-0.39, 0.29) is 5.69 Å². The fourth-order valence-corrected chi connectivity index (χ4v) is 2.10. The second kappa shape index (κ2) is 5.66. The van der Waals surface area contributed by atoms with E-state index in [4.69, 9.17) is 4.52 Å². The number of aromatic nitrogens is 1. The zero-order valence-corrected chi connectivity index (χ0v) is 11.2. The van der Waals surface area contributed by atoms with Gasteiger partial charge in [0.05, 0.1) is 12.0 Å². The fourth-order valence-electron chi connectivity index (χ4n) is 1.42. The van der Waals surface area contributed by atoms with Crippen LogP contribution in [0.1, 0.15) is 17.4 Å². The molecule has 0 fully saturated rings. The van der Waals surface area contributed by atoms with Gasteiger partial charge in [0.25, 0.3) is 5.91 Å². The van der Waals surface area contributed by atoms with Gasteiger partial charge in [-0.15, -0.1) is 11.3 Å². The second-order valence-corrected chi connectivity index (χ2v) is 4.72. The van der Waals surface area contributed by atoms with Gasteiger partial charge >= 0.3 is 5.97 Å². The van der Waals surface area contributed by atoms with Crippen LogP contribution < -0.4 is 5.32 Å². The first-order chi connectivity index (χ1) is 9.11. The van der Waals surface area contributed by atoms with Gasteiger partial charge in [0.1, 0.15) is 6.04 Å². The normalized spacial score (nSPS) is 11.9. The number of nitrogens with one attached hydrogen (secondary N) is 1. The molecule has 1 N–H and O–H groups in total. The van der Waals surface area contributed by atoms with Crippen LogP contribution in [-0.4, -0.2) is 30.2 Å². The summed E-state index contributed by atoms with van der Waals surface area (Å²) < 4.78 is 9.60. The summed E-state index contributed by atoms with van der Waals surface area (Å²) in [5.41, 5.74) is 0.124. The highest BCUT2D eigenvalue weighted by Crippen LogP contribution is 2.25. The minimum Gasteiger partial charge on any atom is -0.467 e. The summed E-state index contributed by atoms with van der Waals surface area (Å²) in [6, 6.07) is 4.54. The molecule has 0 aliphatic heterocycles. The third kappa shape index (κ3) is 3.00. The minimum atomic E-state index is -0.737. The first-order valence-electron chi connectivity index (χ1n) is 5.51. The summed E-state index contributed by atoms with van der Waals surface area (Å²) in [7, 11) is 1.26. The molecule has 7 heteroatoms. The van der Waals surface area contributed by atoms with Crippen LogP contribution >= 0.6 is 11.3 Å². The lowest BCUT2D eigenvalue weighted by atomic mass is 10.3. The first-order valence-corrected chi connectivity index (χ1v) is 6.39. The average molecular weight is 280 g/mol. The van der Waals surface area contributed by atoms with E-state index < -0.39 is 17.9 Å². The molecule has 0 saturated carbocycles. The molecule has 0 radical (unpaired) electrons. The lowest BCUT2D eigenvalue weighted by molar-refractivity contribution is -0.142. The standard InChI is InChI=1S/C12H12N2O4S/c1-7(12(16)17-2)13-11(15)8-6-9(18-14-8)10-4-3-5-19-10/h3-7H,1-2H3,(H,13,15). The van der Waals surface area contributed by atoms with Gasteiger partial charge in [-0.1, -0.05) is 11.2 Å². The lowest BCUT2D eigenvalue weighted by Crippen LogP contribution is -2.39. The highest BCUT2D eigenvalue weighted by atomic mass is 32.1. The molecule has 2 aromatic rings. The van der Waals surface area contributed by atoms with Crippen LogP contribution in [0.25, 0.3) is 10.6 Å². The summed E-state index contributed by atoms with van der Waals surface area (Å²) in [6.45, 7) is 1.53. The molecule has 0 aliphatic rings. The zero-order chi connectivity index (χ0) is 13.8. The van der Waals surface area contributed by atoms with Gasteiger partial charge in [0.15, 0.2) is 11.5 Å². The van der Waals surface area contributed by atoms with Crippen molar-refractivity contribution in [1.82, 2.24) is 10.5 Å². The number of amides is 1. The molecule has 2 rings (SSSR count). The number of thiophene rings is 1. The number of hydrogen-bond donors (Lipinski definition) is 1. The van der Waals surface area contributed by atoms with Crippen molar-refractivity contribution in [3.05, 3.63) is 29.3 Å². The Kier molecular flexibility index (Phi) is 3.96. The molecule has 1 unspecified atom stereocenters. The number of methoxy groups -OCH3 is 1. The van der Waals surface area contributed by atoms with Gasteiger partial charge in [-0.3, -0.25) is 4.79 Å². The van der Waals surface area contributed by atoms with E-state index >= 15 is 0 Å². The molecule has 0 bridgehead atoms. The number of ether oxygens (including phenoxy) is 1. The van der Waals surface area contributed by atoms with Crippen molar-refractivity contribution in [1.29, 1.82) is 0 Å². The summed E-state index contributed by atoms with van der Waals surface area (Å²) in [6.07, 6.45) is 0. The minimum absolute atomic E-state index is 0.124. The third-order valence-corrected chi connectivity index (χ3v) is 3.29. The Morgan fingerprint density at radius 1 is 1.53 bits per heavy atom. The summed E-state index contributed by atoms with van der Waals surface area (Å²) in [4.78, 5) is 23.9. The van der Waals surface area contributed by atoms with Crippen molar-refractivity contribution in [3.63, 3.8) is 0 Å². The van der Waals surface area contributed by atoms with Crippen LogP contribution in [0.4, 0.5) is 0 Å². The lowest BCUT2D eigenvalue weighted by Gasteiger charge is -2.09. The van der Waals surface area contributed by atoms with Gasteiger partial charge in [0, 0.05) is 6.07 Å². The molecule has 2 heterocycles. The molecule has 0 spiro atoms. The first kappa shape index (κ1) is 13.3. The van der Waals surface area contributed by atoms with Crippen LogP contribution in [0.3, 0.4) is 0 Å². The number of nitrogens with zero attached hydrogens (tertiary/aromatic N) is 1. The number of hydrogen-bond acceptors (Lipinski definition) is 6. The van der Waals surface area contributed by atoms with E-state index in [1.807, 2.05) is 17.5 Å². The molecule has 0 aliphatic carbocycles. The fraction of sp³-hybridized carbons (Fsp3) is 0.250. The van der Waals surface area contributed by atoms with Gasteiger partial charge in [-0.2, -0.15) is 0 Å². The molecule has 1 atom stereocenters. The maximum absolute atomic E-state index is 11.8. The monoisotopic (exact) mass is 280 g/mol. The Labute approximate surface area is 113 Å². The highest BCUT2D eigenvalue weighted by molar-refractivity contribution is 7.13. The molecule has 100 valence electrons. The molecule has 2 aromatic heterocycles. The molecule has 19 heavy (non-hydrogen) atoms. The maximum Gasteiger partial charge on any atom is 0.328 e. The summed E-state index contributed by atoms with van der Waals surface area (Å²) >= 11 is 1.48. The van der Waals surface area contributed by atoms with Crippen molar-refractivity contribution in [2.75, 3.05) is 7.11 Å². The SMILES string of the molecule is COC(=O)C(C)NC(=O)c1cc(-c2cccs2)on1. The van der Waals surface area contributed by atoms with E-state index in [0.717, 1.165) is 4.88 Å². The van der Waals surface area contributed by atoms with Gasteiger partial charge in [0.2, 0.25) is 0 Å². The van der Waals surface area contributed by atoms with Crippen molar-refractivity contribution in [2.45, 2.75) is 13.0 Å². The smallest absolute Gasteiger partial charge is 0.328 e. The van der Waals surface area contributed by atoms with Crippen LogP contribution in [0.5, 0.6) is 0 Å². The molecular weight excluding hydrogens is 268 g/mol. The topological polar surface area (TPSA) is 81.4 Å². The largest absolute Gasteiger partial charge is 0.467 e. The molecule has 0 aromatic carbocycles. The third-order valence-electron chi connectivity index (χ3n) is 2.41. The average Bonchev–Trinajstić information content (AvgIpc) is 3.07.